The van der Waals surface area contributed by atoms with Crippen LogP contribution in [-0.2, 0) is 11.3 Å². The number of nitrogens with zero attached hydrogens (tertiary/aromatic N) is 1. The van der Waals surface area contributed by atoms with Crippen LogP contribution in [0.5, 0.6) is 0 Å². The van der Waals surface area contributed by atoms with Crippen LogP contribution in [0, 0.1) is 0 Å². The van der Waals surface area contributed by atoms with Gasteiger partial charge in [-0.25, -0.2) is 4.79 Å². The molecule has 22 heavy (non-hydrogen) atoms. The summed E-state index contributed by atoms with van der Waals surface area (Å²) >= 11 is 0. The minimum Gasteiger partial charge on any atom is -0.444 e. The van der Waals surface area contributed by atoms with Crippen molar-refractivity contribution in [2.45, 2.75) is 71.1 Å². The van der Waals surface area contributed by atoms with E-state index >= 15 is 0 Å². The van der Waals surface area contributed by atoms with Gasteiger partial charge in [0.2, 0.25) is 0 Å². The minimum absolute atomic E-state index is 0.212. The summed E-state index contributed by atoms with van der Waals surface area (Å²) in [6, 6.07) is 8.00. The van der Waals surface area contributed by atoms with E-state index in [1.54, 1.807) is 0 Å². The summed E-state index contributed by atoms with van der Waals surface area (Å²) in [5.74, 6) is 0. The Labute approximate surface area is 133 Å². The van der Waals surface area contributed by atoms with Crippen LogP contribution < -0.4 is 5.73 Å². The summed E-state index contributed by atoms with van der Waals surface area (Å²) in [5.41, 5.74) is 7.10. The molecule has 0 spiro atoms. The van der Waals surface area contributed by atoms with Crippen molar-refractivity contribution in [1.82, 2.24) is 4.90 Å². The van der Waals surface area contributed by atoms with Gasteiger partial charge in [0.25, 0.3) is 0 Å². The highest BCUT2D eigenvalue weighted by Gasteiger charge is 2.29. The zero-order valence-electron chi connectivity index (χ0n) is 14.0. The third kappa shape index (κ3) is 4.93. The molecule has 1 aliphatic rings. The van der Waals surface area contributed by atoms with Crippen LogP contribution in [0.3, 0.4) is 0 Å². The lowest BCUT2D eigenvalue weighted by atomic mass is 9.94. The van der Waals surface area contributed by atoms with Crippen LogP contribution in [-0.4, -0.2) is 22.6 Å². The number of nitrogens with two attached hydrogens (primary N) is 1. The fraction of sp³-hybridized carbons (Fsp3) is 0.611. The first kappa shape index (κ1) is 16.7. The standard InChI is InChI=1S/C18H28N2O2/c1-18(2,3)22-17(21)20(16-7-5-4-6-8-16)13-14-9-11-15(19)12-10-14/h9-12,16H,4-8,13,19H2,1-3H3. The van der Waals surface area contributed by atoms with Crippen molar-refractivity contribution in [3.05, 3.63) is 29.8 Å². The van der Waals surface area contributed by atoms with E-state index < -0.39 is 5.60 Å². The van der Waals surface area contributed by atoms with E-state index in [0.29, 0.717) is 6.54 Å². The maximum absolute atomic E-state index is 12.6. The summed E-state index contributed by atoms with van der Waals surface area (Å²) in [6.45, 7) is 6.31. The molecule has 0 unspecified atom stereocenters. The van der Waals surface area contributed by atoms with Crippen molar-refractivity contribution >= 4 is 11.8 Å². The Morgan fingerprint density at radius 1 is 1.18 bits per heavy atom. The maximum atomic E-state index is 12.6. The summed E-state index contributed by atoms with van der Waals surface area (Å²) in [4.78, 5) is 14.5. The van der Waals surface area contributed by atoms with Gasteiger partial charge < -0.3 is 15.4 Å². The van der Waals surface area contributed by atoms with E-state index in [1.165, 1.54) is 19.3 Å². The zero-order chi connectivity index (χ0) is 16.2. The number of amides is 1. The first-order valence-electron chi connectivity index (χ1n) is 8.19. The fourth-order valence-corrected chi connectivity index (χ4v) is 2.88. The number of anilines is 1. The Bertz CT molecular complexity index is 485. The summed E-state index contributed by atoms with van der Waals surface area (Å²) < 4.78 is 5.61. The molecule has 0 radical (unpaired) electrons. The molecule has 1 saturated carbocycles. The number of hydrogen-bond acceptors (Lipinski definition) is 3. The summed E-state index contributed by atoms with van der Waals surface area (Å²) in [7, 11) is 0. The Morgan fingerprint density at radius 3 is 2.32 bits per heavy atom. The minimum atomic E-state index is -0.467. The van der Waals surface area contributed by atoms with E-state index in [9.17, 15) is 4.79 Å². The van der Waals surface area contributed by atoms with E-state index in [-0.39, 0.29) is 12.1 Å². The number of benzene rings is 1. The van der Waals surface area contributed by atoms with Crippen LogP contribution in [0.15, 0.2) is 24.3 Å². The van der Waals surface area contributed by atoms with Gasteiger partial charge >= 0.3 is 6.09 Å². The Morgan fingerprint density at radius 2 is 1.77 bits per heavy atom. The first-order valence-corrected chi connectivity index (χ1v) is 8.19. The van der Waals surface area contributed by atoms with Crippen LogP contribution in [0.1, 0.15) is 58.4 Å². The van der Waals surface area contributed by atoms with Crippen LogP contribution >= 0.6 is 0 Å². The average Bonchev–Trinajstić information content (AvgIpc) is 2.45. The van der Waals surface area contributed by atoms with Gasteiger partial charge in [0, 0.05) is 18.3 Å². The molecule has 1 amide bonds. The van der Waals surface area contributed by atoms with Gasteiger partial charge in [0.05, 0.1) is 0 Å². The smallest absolute Gasteiger partial charge is 0.410 e. The third-order valence-corrected chi connectivity index (χ3v) is 3.98. The number of nitrogen functional groups attached to an aromatic ring is 1. The topological polar surface area (TPSA) is 55.6 Å². The second-order valence-corrected chi connectivity index (χ2v) is 7.14. The highest BCUT2D eigenvalue weighted by Crippen LogP contribution is 2.26. The third-order valence-electron chi connectivity index (χ3n) is 3.98. The highest BCUT2D eigenvalue weighted by molar-refractivity contribution is 5.68. The molecule has 1 aromatic carbocycles. The molecule has 0 bridgehead atoms. The molecule has 2 rings (SSSR count). The zero-order valence-corrected chi connectivity index (χ0v) is 14.0. The average molecular weight is 304 g/mol. The Balaban J connectivity index is 2.13. The van der Waals surface area contributed by atoms with Crippen LogP contribution in [0.25, 0.3) is 0 Å². The number of ether oxygens (including phenoxy) is 1. The van der Waals surface area contributed by atoms with E-state index in [0.717, 1.165) is 24.1 Å². The Hall–Kier alpha value is -1.71. The second-order valence-electron chi connectivity index (χ2n) is 7.14. The maximum Gasteiger partial charge on any atom is 0.410 e. The normalized spacial score (nSPS) is 16.3. The lowest BCUT2D eigenvalue weighted by Gasteiger charge is -2.35. The SMILES string of the molecule is CC(C)(C)OC(=O)N(Cc1ccc(N)cc1)C1CCCCC1. The molecule has 0 aliphatic heterocycles. The van der Waals surface area contributed by atoms with Crippen LogP contribution in [0.2, 0.25) is 0 Å². The fourth-order valence-electron chi connectivity index (χ4n) is 2.88. The predicted molar refractivity (Wildman–Crippen MR) is 89.5 cm³/mol. The van der Waals surface area contributed by atoms with Gasteiger partial charge in [-0.2, -0.15) is 0 Å². The molecule has 0 heterocycles. The molecule has 4 heteroatoms. The van der Waals surface area contributed by atoms with Gasteiger partial charge in [-0.05, 0) is 51.3 Å². The molecular weight excluding hydrogens is 276 g/mol. The number of rotatable bonds is 3. The van der Waals surface area contributed by atoms with Crippen molar-refractivity contribution < 1.29 is 9.53 Å². The molecule has 2 N–H and O–H groups in total. The molecule has 0 saturated heterocycles. The van der Waals surface area contributed by atoms with Crippen molar-refractivity contribution in [3.63, 3.8) is 0 Å². The largest absolute Gasteiger partial charge is 0.444 e. The predicted octanol–water partition coefficient (Wildman–Crippen LogP) is 4.34. The molecule has 0 atom stereocenters. The first-order chi connectivity index (χ1) is 10.3. The van der Waals surface area contributed by atoms with E-state index in [4.69, 9.17) is 10.5 Å². The van der Waals surface area contributed by atoms with Crippen molar-refractivity contribution in [1.29, 1.82) is 0 Å². The van der Waals surface area contributed by atoms with Gasteiger partial charge in [-0.3, -0.25) is 0 Å². The Kier molecular flexibility index (Phi) is 5.33. The molecule has 1 aliphatic carbocycles. The number of hydrogen-bond donors (Lipinski definition) is 1. The van der Waals surface area contributed by atoms with E-state index in [1.807, 2.05) is 49.9 Å². The van der Waals surface area contributed by atoms with E-state index in [2.05, 4.69) is 0 Å². The van der Waals surface area contributed by atoms with Gasteiger partial charge in [0.1, 0.15) is 5.60 Å². The highest BCUT2D eigenvalue weighted by atomic mass is 16.6. The van der Waals surface area contributed by atoms with Gasteiger partial charge in [-0.1, -0.05) is 31.4 Å². The van der Waals surface area contributed by atoms with Crippen molar-refractivity contribution in [3.8, 4) is 0 Å². The molecule has 122 valence electrons. The molecule has 4 nitrogen and oxygen atoms in total. The lowest BCUT2D eigenvalue weighted by molar-refractivity contribution is 0.00989. The molecule has 1 aromatic rings. The number of carbonyl (C=O) groups excluding carboxylic acids is 1. The van der Waals surface area contributed by atoms with Crippen molar-refractivity contribution in [2.24, 2.45) is 0 Å². The van der Waals surface area contributed by atoms with Crippen LogP contribution in [0.4, 0.5) is 10.5 Å². The lowest BCUT2D eigenvalue weighted by Crippen LogP contribution is -2.43. The van der Waals surface area contributed by atoms with Gasteiger partial charge in [-0.15, -0.1) is 0 Å². The van der Waals surface area contributed by atoms with Gasteiger partial charge in [0.15, 0.2) is 0 Å². The number of carbonyl (C=O) groups is 1. The molecule has 0 aromatic heterocycles. The molecule has 1 fully saturated rings. The monoisotopic (exact) mass is 304 g/mol. The molecular formula is C18H28N2O2. The second kappa shape index (κ2) is 7.03. The van der Waals surface area contributed by atoms with Crippen molar-refractivity contribution in [2.75, 3.05) is 5.73 Å². The summed E-state index contributed by atoms with van der Waals surface area (Å²) in [6.07, 6.45) is 5.55. The summed E-state index contributed by atoms with van der Waals surface area (Å²) in [5, 5.41) is 0. The quantitative estimate of drug-likeness (QED) is 0.845.